The summed E-state index contributed by atoms with van der Waals surface area (Å²) >= 11 is 0. The van der Waals surface area contributed by atoms with Crippen LogP contribution in [0.25, 0.3) is 0 Å². The highest BCUT2D eigenvalue weighted by Gasteiger charge is 2.34. The number of benzene rings is 1. The van der Waals surface area contributed by atoms with Gasteiger partial charge in [-0.1, -0.05) is 26.0 Å². The van der Waals surface area contributed by atoms with E-state index < -0.39 is 29.8 Å². The van der Waals surface area contributed by atoms with Gasteiger partial charge in [0.05, 0.1) is 12.6 Å². The van der Waals surface area contributed by atoms with Crippen molar-refractivity contribution >= 4 is 5.91 Å². The maximum absolute atomic E-state index is 12.8. The molecule has 5 nitrogen and oxygen atoms in total. The number of hydrogen-bond acceptors (Lipinski definition) is 3. The standard InChI is InChI=1S/C21H25F3N2O3/c1-14(2)10-12-29-17-8-6-16(7-9-17)15(3)25-19(27)13-26-11-4-5-18(20(26)28)21(22,23)24/h4-9,11,14-15H,10,12-13H2,1-3H3,(H,25,27). The molecule has 1 unspecified atom stereocenters. The highest BCUT2D eigenvalue weighted by Crippen LogP contribution is 2.26. The summed E-state index contributed by atoms with van der Waals surface area (Å²) < 4.78 is 44.9. The molecule has 0 spiro atoms. The molecule has 0 aliphatic rings. The van der Waals surface area contributed by atoms with Crippen LogP contribution in [0.3, 0.4) is 0 Å². The number of carbonyl (C=O) groups excluding carboxylic acids is 1. The molecule has 2 aromatic rings. The Kier molecular flexibility index (Phi) is 7.47. The zero-order chi connectivity index (χ0) is 21.6. The van der Waals surface area contributed by atoms with E-state index in [9.17, 15) is 22.8 Å². The Labute approximate surface area is 167 Å². The van der Waals surface area contributed by atoms with Crippen LogP contribution < -0.4 is 15.6 Å². The first-order valence-electron chi connectivity index (χ1n) is 9.36. The third-order valence-electron chi connectivity index (χ3n) is 4.36. The lowest BCUT2D eigenvalue weighted by Crippen LogP contribution is -2.35. The van der Waals surface area contributed by atoms with Gasteiger partial charge in [-0.25, -0.2) is 0 Å². The van der Waals surface area contributed by atoms with E-state index in [0.29, 0.717) is 18.6 Å². The van der Waals surface area contributed by atoms with E-state index in [4.69, 9.17) is 4.74 Å². The number of nitrogens with one attached hydrogen (secondary N) is 1. The average Bonchev–Trinajstić information content (AvgIpc) is 2.62. The van der Waals surface area contributed by atoms with Gasteiger partial charge in [0.15, 0.2) is 0 Å². The van der Waals surface area contributed by atoms with Gasteiger partial charge >= 0.3 is 6.18 Å². The van der Waals surface area contributed by atoms with Crippen LogP contribution in [0, 0.1) is 5.92 Å². The molecule has 2 rings (SSSR count). The van der Waals surface area contributed by atoms with Gasteiger partial charge in [0.25, 0.3) is 5.56 Å². The molecule has 0 bridgehead atoms. The summed E-state index contributed by atoms with van der Waals surface area (Å²) in [4.78, 5) is 24.1. The van der Waals surface area contributed by atoms with Gasteiger partial charge in [0, 0.05) is 6.20 Å². The Morgan fingerprint density at radius 1 is 1.14 bits per heavy atom. The summed E-state index contributed by atoms with van der Waals surface area (Å²) in [5.74, 6) is 0.716. The minimum absolute atomic E-state index is 0.381. The molecule has 158 valence electrons. The third kappa shape index (κ3) is 6.66. The van der Waals surface area contributed by atoms with E-state index >= 15 is 0 Å². The number of alkyl halides is 3. The fourth-order valence-electron chi connectivity index (χ4n) is 2.67. The van der Waals surface area contributed by atoms with Crippen molar-refractivity contribution in [2.24, 2.45) is 5.92 Å². The largest absolute Gasteiger partial charge is 0.494 e. The van der Waals surface area contributed by atoms with Gasteiger partial charge in [-0.2, -0.15) is 13.2 Å². The fraction of sp³-hybridized carbons (Fsp3) is 0.429. The minimum atomic E-state index is -4.76. The fourth-order valence-corrected chi connectivity index (χ4v) is 2.67. The Morgan fingerprint density at radius 3 is 2.38 bits per heavy atom. The van der Waals surface area contributed by atoms with E-state index in [-0.39, 0.29) is 6.04 Å². The van der Waals surface area contributed by atoms with Crippen molar-refractivity contribution in [1.82, 2.24) is 9.88 Å². The monoisotopic (exact) mass is 410 g/mol. The molecule has 0 radical (unpaired) electrons. The van der Waals surface area contributed by atoms with Crippen LogP contribution in [-0.4, -0.2) is 17.1 Å². The third-order valence-corrected chi connectivity index (χ3v) is 4.36. The maximum Gasteiger partial charge on any atom is 0.421 e. The van der Waals surface area contributed by atoms with Crippen LogP contribution in [0.1, 0.15) is 44.4 Å². The summed E-state index contributed by atoms with van der Waals surface area (Å²) in [6, 6.07) is 8.64. The Bertz CT molecular complexity index is 874. The number of aromatic nitrogens is 1. The predicted molar refractivity (Wildman–Crippen MR) is 104 cm³/mol. The van der Waals surface area contributed by atoms with Crippen molar-refractivity contribution in [3.8, 4) is 5.75 Å². The number of ether oxygens (including phenoxy) is 1. The van der Waals surface area contributed by atoms with Crippen LogP contribution in [0.4, 0.5) is 13.2 Å². The summed E-state index contributed by atoms with van der Waals surface area (Å²) in [5.41, 5.74) is -1.73. The normalized spacial score (nSPS) is 12.7. The smallest absolute Gasteiger partial charge is 0.421 e. The molecule has 0 fully saturated rings. The highest BCUT2D eigenvalue weighted by molar-refractivity contribution is 5.76. The molecule has 1 atom stereocenters. The van der Waals surface area contributed by atoms with Gasteiger partial charge in [-0.15, -0.1) is 0 Å². The van der Waals surface area contributed by atoms with Gasteiger partial charge in [-0.3, -0.25) is 9.59 Å². The Hall–Kier alpha value is -2.77. The second-order valence-corrected chi connectivity index (χ2v) is 7.24. The predicted octanol–water partition coefficient (Wildman–Crippen LogP) is 4.17. The van der Waals surface area contributed by atoms with Crippen LogP contribution >= 0.6 is 0 Å². The number of nitrogens with zero attached hydrogens (tertiary/aromatic N) is 1. The lowest BCUT2D eigenvalue weighted by molar-refractivity contribution is -0.139. The van der Waals surface area contributed by atoms with E-state index in [0.717, 1.165) is 34.6 Å². The SMILES string of the molecule is CC(C)CCOc1ccc(C(C)NC(=O)Cn2cccc(C(F)(F)F)c2=O)cc1. The summed E-state index contributed by atoms with van der Waals surface area (Å²) in [7, 11) is 0. The van der Waals surface area contributed by atoms with E-state index in [1.165, 1.54) is 0 Å². The molecule has 0 aliphatic heterocycles. The second kappa shape index (κ2) is 9.62. The molecule has 0 saturated heterocycles. The summed E-state index contributed by atoms with van der Waals surface area (Å²) in [6.45, 7) is 6.11. The quantitative estimate of drug-likeness (QED) is 0.711. The van der Waals surface area contributed by atoms with Crippen molar-refractivity contribution in [1.29, 1.82) is 0 Å². The highest BCUT2D eigenvalue weighted by atomic mass is 19.4. The van der Waals surface area contributed by atoms with Crippen LogP contribution in [-0.2, 0) is 17.5 Å². The molecular formula is C21H25F3N2O3. The van der Waals surface area contributed by atoms with E-state index in [2.05, 4.69) is 19.2 Å². The first-order valence-corrected chi connectivity index (χ1v) is 9.36. The number of pyridine rings is 1. The Morgan fingerprint density at radius 2 is 1.79 bits per heavy atom. The van der Waals surface area contributed by atoms with Crippen LogP contribution in [0.2, 0.25) is 0 Å². The van der Waals surface area contributed by atoms with Crippen molar-refractivity contribution < 1.29 is 22.7 Å². The summed E-state index contributed by atoms with van der Waals surface area (Å²) in [6.07, 6.45) is -2.66. The molecule has 1 aromatic carbocycles. The molecule has 1 aromatic heterocycles. The van der Waals surface area contributed by atoms with Gasteiger partial charge < -0.3 is 14.6 Å². The zero-order valence-corrected chi connectivity index (χ0v) is 16.6. The number of carbonyl (C=O) groups is 1. The molecule has 0 saturated carbocycles. The molecule has 1 heterocycles. The van der Waals surface area contributed by atoms with Crippen LogP contribution in [0.15, 0.2) is 47.4 Å². The molecule has 0 aliphatic carbocycles. The van der Waals surface area contributed by atoms with E-state index in [1.807, 2.05) is 12.1 Å². The second-order valence-electron chi connectivity index (χ2n) is 7.24. The van der Waals surface area contributed by atoms with Crippen LogP contribution in [0.5, 0.6) is 5.75 Å². The maximum atomic E-state index is 12.8. The van der Waals surface area contributed by atoms with Crippen molar-refractivity contribution in [3.63, 3.8) is 0 Å². The Balaban J connectivity index is 1.97. The first-order chi connectivity index (χ1) is 13.6. The average molecular weight is 410 g/mol. The number of amides is 1. The zero-order valence-electron chi connectivity index (χ0n) is 16.6. The lowest BCUT2D eigenvalue weighted by Gasteiger charge is -2.16. The van der Waals surface area contributed by atoms with Crippen molar-refractivity contribution in [2.45, 2.75) is 46.0 Å². The van der Waals surface area contributed by atoms with Crippen molar-refractivity contribution in [2.75, 3.05) is 6.61 Å². The molecule has 8 heteroatoms. The molecular weight excluding hydrogens is 385 g/mol. The topological polar surface area (TPSA) is 60.3 Å². The number of halogens is 3. The molecule has 29 heavy (non-hydrogen) atoms. The van der Waals surface area contributed by atoms with Gasteiger partial charge in [-0.05, 0) is 49.1 Å². The lowest BCUT2D eigenvalue weighted by atomic mass is 10.1. The minimum Gasteiger partial charge on any atom is -0.494 e. The molecule has 1 N–H and O–H groups in total. The number of rotatable bonds is 8. The van der Waals surface area contributed by atoms with Gasteiger partial charge in [0.2, 0.25) is 5.91 Å². The van der Waals surface area contributed by atoms with Gasteiger partial charge in [0.1, 0.15) is 17.9 Å². The summed E-state index contributed by atoms with van der Waals surface area (Å²) in [5, 5.41) is 2.69. The first kappa shape index (κ1) is 22.5. The molecule has 1 amide bonds. The van der Waals surface area contributed by atoms with E-state index in [1.54, 1.807) is 19.1 Å². The van der Waals surface area contributed by atoms with Crippen molar-refractivity contribution in [3.05, 3.63) is 64.1 Å². The number of hydrogen-bond donors (Lipinski definition) is 1.